The molecule has 0 aliphatic rings. The second-order valence-electron chi connectivity index (χ2n) is 2.27. The van der Waals surface area contributed by atoms with E-state index in [4.69, 9.17) is 12.6 Å². The molecule has 0 N–H and O–H groups in total. The Bertz CT molecular complexity index is 69.0. The summed E-state index contributed by atoms with van der Waals surface area (Å²) in [6, 6.07) is 0. The lowest BCUT2D eigenvalue weighted by atomic mass is 10.3. The van der Waals surface area contributed by atoms with Crippen molar-refractivity contribution in [3.63, 3.8) is 0 Å². The van der Waals surface area contributed by atoms with Crippen molar-refractivity contribution in [1.29, 1.82) is 0 Å². The van der Waals surface area contributed by atoms with Gasteiger partial charge in [0.2, 0.25) is 0 Å². The van der Waals surface area contributed by atoms with E-state index in [1.54, 1.807) is 0 Å². The van der Waals surface area contributed by atoms with Crippen molar-refractivity contribution >= 4 is 12.6 Å². The van der Waals surface area contributed by atoms with E-state index in [-0.39, 0.29) is 0 Å². The lowest BCUT2D eigenvalue weighted by molar-refractivity contribution is 0.682. The zero-order valence-electron chi connectivity index (χ0n) is 6.10. The number of hydrogen-bond acceptors (Lipinski definition) is 0. The first kappa shape index (κ1) is 9.09. The van der Waals surface area contributed by atoms with Crippen molar-refractivity contribution < 1.29 is 0 Å². The highest BCUT2D eigenvalue weighted by atomic mass is 32.1. The maximum atomic E-state index is 5.03. The summed E-state index contributed by atoms with van der Waals surface area (Å²) in [5.74, 6) is 0. The van der Waals surface area contributed by atoms with Crippen LogP contribution in [-0.2, 0) is 0 Å². The van der Waals surface area contributed by atoms with Crippen molar-refractivity contribution in [3.8, 4) is 0 Å². The molecular weight excluding hydrogens is 130 g/mol. The first-order valence-electron chi connectivity index (χ1n) is 3.59. The molecule has 1 heteroatoms. The minimum absolute atomic E-state index is 0.302. The second kappa shape index (κ2) is 6.21. The van der Waals surface area contributed by atoms with Gasteiger partial charge in [-0.25, -0.2) is 0 Å². The second-order valence-corrected chi connectivity index (χ2v) is 2.88. The van der Waals surface area contributed by atoms with Crippen LogP contribution in [0.1, 0.15) is 32.6 Å². The molecule has 0 heterocycles. The molecule has 9 heavy (non-hydrogen) atoms. The minimum Gasteiger partial charge on any atom is -0.102 e. The van der Waals surface area contributed by atoms with Crippen molar-refractivity contribution in [3.05, 3.63) is 12.7 Å². The third-order valence-electron chi connectivity index (χ3n) is 1.36. The molecule has 0 spiro atoms. The van der Waals surface area contributed by atoms with E-state index in [1.807, 2.05) is 6.08 Å². The Morgan fingerprint density at radius 1 is 1.78 bits per heavy atom. The average Bonchev–Trinajstić information content (AvgIpc) is 1.89. The summed E-state index contributed by atoms with van der Waals surface area (Å²) in [6.07, 6.45) is 6.83. The molecule has 0 aliphatic heterocycles. The van der Waals surface area contributed by atoms with E-state index in [9.17, 15) is 0 Å². The number of unbranched alkanes of at least 4 members (excludes halogenated alkanes) is 2. The normalized spacial score (nSPS) is 13.1. The van der Waals surface area contributed by atoms with Gasteiger partial charge < -0.3 is 0 Å². The van der Waals surface area contributed by atoms with E-state index in [1.165, 1.54) is 19.3 Å². The Kier molecular flexibility index (Phi) is 6.28. The highest BCUT2D eigenvalue weighted by Gasteiger charge is 1.95. The molecule has 53 valence electrons. The van der Waals surface area contributed by atoms with Crippen molar-refractivity contribution in [2.24, 2.45) is 0 Å². The smallest absolute Gasteiger partial charge is 0.0328 e. The summed E-state index contributed by atoms with van der Waals surface area (Å²) in [6.45, 7) is 5.84. The van der Waals surface area contributed by atoms with E-state index in [0.717, 1.165) is 6.42 Å². The summed E-state index contributed by atoms with van der Waals surface area (Å²) < 4.78 is 0. The van der Waals surface area contributed by atoms with Gasteiger partial charge in [0.15, 0.2) is 0 Å². The predicted molar refractivity (Wildman–Crippen MR) is 45.7 cm³/mol. The quantitative estimate of drug-likeness (QED) is 0.411. The third kappa shape index (κ3) is 5.97. The fraction of sp³-hybridized carbons (Fsp3) is 0.750. The Morgan fingerprint density at radius 2 is 2.44 bits per heavy atom. The lowest BCUT2D eigenvalue weighted by Crippen LogP contribution is -1.91. The van der Waals surface area contributed by atoms with E-state index >= 15 is 0 Å². The molecule has 0 bridgehead atoms. The van der Waals surface area contributed by atoms with Gasteiger partial charge in [-0.15, -0.1) is 6.58 Å². The Hall–Kier alpha value is 0.0900. The Labute approximate surface area is 63.8 Å². The van der Waals surface area contributed by atoms with Crippen molar-refractivity contribution in [1.82, 2.24) is 0 Å². The van der Waals surface area contributed by atoms with Crippen LogP contribution in [0.5, 0.6) is 0 Å². The molecule has 0 saturated carbocycles. The average molecular weight is 145 g/mol. The molecule has 0 nitrogen and oxygen atoms in total. The molecule has 1 radical (unpaired) electrons. The molecule has 1 atom stereocenters. The monoisotopic (exact) mass is 145 g/mol. The molecule has 0 aliphatic carbocycles. The van der Waals surface area contributed by atoms with Gasteiger partial charge in [-0.3, -0.25) is 0 Å². The van der Waals surface area contributed by atoms with E-state index in [0.29, 0.717) is 5.25 Å². The van der Waals surface area contributed by atoms with E-state index < -0.39 is 0 Å². The minimum atomic E-state index is 0.302. The molecule has 0 saturated heterocycles. The lowest BCUT2D eigenvalue weighted by Gasteiger charge is -2.00. The topological polar surface area (TPSA) is 0 Å². The third-order valence-corrected chi connectivity index (χ3v) is 1.78. The first-order chi connectivity index (χ1) is 4.31. The van der Waals surface area contributed by atoms with Gasteiger partial charge in [0.25, 0.3) is 0 Å². The van der Waals surface area contributed by atoms with Crippen LogP contribution < -0.4 is 0 Å². The van der Waals surface area contributed by atoms with Crippen LogP contribution in [0.15, 0.2) is 12.7 Å². The highest BCUT2D eigenvalue weighted by molar-refractivity contribution is 7.81. The van der Waals surface area contributed by atoms with Crippen molar-refractivity contribution in [2.45, 2.75) is 37.9 Å². The van der Waals surface area contributed by atoms with Gasteiger partial charge in [0.05, 0.1) is 0 Å². The van der Waals surface area contributed by atoms with Gasteiger partial charge in [-0.1, -0.05) is 44.9 Å². The van der Waals surface area contributed by atoms with Crippen LogP contribution in [0.3, 0.4) is 0 Å². The summed E-state index contributed by atoms with van der Waals surface area (Å²) >= 11 is 5.03. The zero-order valence-corrected chi connectivity index (χ0v) is 6.91. The fourth-order valence-corrected chi connectivity index (χ4v) is 0.880. The van der Waals surface area contributed by atoms with Gasteiger partial charge in [-0.2, -0.15) is 0 Å². The maximum Gasteiger partial charge on any atom is 0.0328 e. The molecule has 1 unspecified atom stereocenters. The first-order valence-corrected chi connectivity index (χ1v) is 4.06. The van der Waals surface area contributed by atoms with E-state index in [2.05, 4.69) is 13.5 Å². The van der Waals surface area contributed by atoms with Crippen LogP contribution in [0, 0.1) is 0 Å². The van der Waals surface area contributed by atoms with Crippen LogP contribution in [0.4, 0.5) is 0 Å². The Balaban J connectivity index is 2.96. The van der Waals surface area contributed by atoms with Gasteiger partial charge in [-0.05, 0) is 6.42 Å². The van der Waals surface area contributed by atoms with Crippen LogP contribution in [-0.4, -0.2) is 5.25 Å². The summed E-state index contributed by atoms with van der Waals surface area (Å²) in [5, 5.41) is 0.302. The van der Waals surface area contributed by atoms with Crippen LogP contribution >= 0.6 is 12.6 Å². The zero-order chi connectivity index (χ0) is 7.11. The molecule has 0 aromatic heterocycles. The summed E-state index contributed by atoms with van der Waals surface area (Å²) in [5.41, 5.74) is 0. The number of hydrogen-bond donors (Lipinski definition) is 0. The van der Waals surface area contributed by atoms with Gasteiger partial charge >= 0.3 is 0 Å². The molecular formula is C8H15S. The molecule has 0 aromatic rings. The molecule has 0 aromatic carbocycles. The standard InChI is InChI=1S/C8H15S/c1-3-5-6-7-8(9)4-2/h4,8H,2-3,5-7H2,1H3/i7+2. The largest absolute Gasteiger partial charge is 0.102 e. The fourth-order valence-electron chi connectivity index (χ4n) is 0.713. The highest BCUT2D eigenvalue weighted by Crippen LogP contribution is 2.08. The maximum absolute atomic E-state index is 5.03. The predicted octanol–water partition coefficient (Wildman–Crippen LogP) is 3.32. The van der Waals surface area contributed by atoms with Gasteiger partial charge in [0.1, 0.15) is 0 Å². The number of rotatable bonds is 5. The SMILES string of the molecule is C=CC([S])[14CH2]CCCC. The summed E-state index contributed by atoms with van der Waals surface area (Å²) in [7, 11) is 0. The molecule has 0 fully saturated rings. The Morgan fingerprint density at radius 3 is 2.89 bits per heavy atom. The van der Waals surface area contributed by atoms with Crippen LogP contribution in [0.25, 0.3) is 0 Å². The van der Waals surface area contributed by atoms with Crippen molar-refractivity contribution in [2.75, 3.05) is 0 Å². The summed E-state index contributed by atoms with van der Waals surface area (Å²) in [4.78, 5) is 0. The molecule has 0 amide bonds. The van der Waals surface area contributed by atoms with Gasteiger partial charge in [0, 0.05) is 5.25 Å². The van der Waals surface area contributed by atoms with Crippen LogP contribution in [0.2, 0.25) is 0 Å². The molecule has 0 rings (SSSR count).